The van der Waals surface area contributed by atoms with Gasteiger partial charge in [-0.25, -0.2) is 0 Å². The van der Waals surface area contributed by atoms with Crippen LogP contribution in [0.3, 0.4) is 0 Å². The van der Waals surface area contributed by atoms with E-state index in [9.17, 15) is 0 Å². The summed E-state index contributed by atoms with van der Waals surface area (Å²) in [7, 11) is -0.445. The van der Waals surface area contributed by atoms with Crippen molar-refractivity contribution in [3.8, 4) is 11.1 Å². The molecule has 2 aromatic carbocycles. The number of fused-ring (bicyclic) bond motifs is 3. The van der Waals surface area contributed by atoms with Crippen LogP contribution in [0.15, 0.2) is 36.4 Å². The molecule has 1 aliphatic carbocycles. The predicted molar refractivity (Wildman–Crippen MR) is 126 cm³/mol. The average molecular weight is 418 g/mol. The van der Waals surface area contributed by atoms with Crippen LogP contribution in [0.1, 0.15) is 68.9 Å². The van der Waals surface area contributed by atoms with Crippen LogP contribution < -0.4 is 10.9 Å². The Morgan fingerprint density at radius 1 is 0.677 bits per heavy atom. The highest BCUT2D eigenvalue weighted by Gasteiger charge is 2.34. The molecule has 31 heavy (non-hydrogen) atoms. The van der Waals surface area contributed by atoms with Crippen molar-refractivity contribution < 1.29 is 18.6 Å². The molecule has 0 spiro atoms. The summed E-state index contributed by atoms with van der Waals surface area (Å²) in [6.07, 6.45) is 9.09. The minimum Gasteiger partial charge on any atom is -0.405 e. The van der Waals surface area contributed by atoms with E-state index in [1.54, 1.807) is 0 Å². The summed E-state index contributed by atoms with van der Waals surface area (Å²) >= 11 is 0. The number of hydrogen-bond acceptors (Lipinski definition) is 4. The molecule has 2 aliphatic heterocycles. The van der Waals surface area contributed by atoms with E-state index in [0.717, 1.165) is 10.9 Å². The fraction of sp³-hybridized carbons (Fsp3) is 0.520. The fourth-order valence-electron chi connectivity index (χ4n) is 5.23. The Balaban J connectivity index is 1.41. The first-order valence-electron chi connectivity index (χ1n) is 12.1. The van der Waals surface area contributed by atoms with Crippen molar-refractivity contribution in [3.05, 3.63) is 47.5 Å². The Morgan fingerprint density at radius 2 is 1.16 bits per heavy atom. The van der Waals surface area contributed by atoms with Crippen LogP contribution in [-0.4, -0.2) is 40.7 Å². The van der Waals surface area contributed by atoms with Crippen LogP contribution in [0.4, 0.5) is 0 Å². The first kappa shape index (κ1) is 21.3. The van der Waals surface area contributed by atoms with Gasteiger partial charge in [-0.05, 0) is 39.6 Å². The molecule has 0 amide bonds. The van der Waals surface area contributed by atoms with E-state index < -0.39 is 0 Å². The van der Waals surface area contributed by atoms with Gasteiger partial charge in [0.15, 0.2) is 0 Å². The third kappa shape index (κ3) is 4.49. The lowest BCUT2D eigenvalue weighted by Gasteiger charge is -2.16. The molecule has 0 N–H and O–H groups in total. The molecule has 162 valence electrons. The van der Waals surface area contributed by atoms with E-state index in [1.807, 2.05) is 0 Å². The van der Waals surface area contributed by atoms with Crippen molar-refractivity contribution in [1.82, 2.24) is 0 Å². The quantitative estimate of drug-likeness (QED) is 0.455. The topological polar surface area (TPSA) is 36.9 Å². The first-order valence-corrected chi connectivity index (χ1v) is 12.1. The highest BCUT2D eigenvalue weighted by Crippen LogP contribution is 2.46. The van der Waals surface area contributed by atoms with Gasteiger partial charge in [-0.3, -0.25) is 0 Å². The minimum absolute atomic E-state index is 0.223. The zero-order chi connectivity index (χ0) is 21.0. The SMILES string of the molecule is CCCCCCCCC1c2cc(B3OCCO3)ccc2-c2ccc(B3OCCO3)cc21. The number of rotatable bonds is 9. The fourth-order valence-corrected chi connectivity index (χ4v) is 5.23. The lowest BCUT2D eigenvalue weighted by atomic mass is 9.76. The van der Waals surface area contributed by atoms with Crippen LogP contribution in [0, 0.1) is 0 Å². The maximum Gasteiger partial charge on any atom is 0.494 e. The van der Waals surface area contributed by atoms with Crippen molar-refractivity contribution >= 4 is 25.2 Å². The average Bonchev–Trinajstić information content (AvgIpc) is 3.57. The van der Waals surface area contributed by atoms with Crippen molar-refractivity contribution in [3.63, 3.8) is 0 Å². The maximum absolute atomic E-state index is 5.78. The van der Waals surface area contributed by atoms with Crippen molar-refractivity contribution in [2.45, 2.75) is 57.8 Å². The summed E-state index contributed by atoms with van der Waals surface area (Å²) in [5, 5.41) is 0. The standard InChI is InChI=1S/C25H32B2O4/c1-2-3-4-5-6-7-8-21-24-17-19(26-28-13-14-29-26)9-11-22(24)23-12-10-20(18-25(21)23)27-30-15-16-31-27/h9-12,17-18,21H,2-8,13-16H2,1H3. The van der Waals surface area contributed by atoms with E-state index in [4.69, 9.17) is 18.6 Å². The molecular weight excluding hydrogens is 386 g/mol. The Bertz CT molecular complexity index is 826. The van der Waals surface area contributed by atoms with Gasteiger partial charge in [-0.1, -0.05) is 81.8 Å². The normalized spacial score (nSPS) is 18.1. The van der Waals surface area contributed by atoms with E-state index >= 15 is 0 Å². The zero-order valence-electron chi connectivity index (χ0n) is 18.6. The van der Waals surface area contributed by atoms with Crippen LogP contribution in [0.25, 0.3) is 11.1 Å². The molecule has 2 heterocycles. The molecule has 2 saturated heterocycles. The molecule has 0 unspecified atom stereocenters. The van der Waals surface area contributed by atoms with Gasteiger partial charge in [0.1, 0.15) is 0 Å². The van der Waals surface area contributed by atoms with Gasteiger partial charge in [0.05, 0.1) is 26.4 Å². The van der Waals surface area contributed by atoms with Crippen molar-refractivity contribution in [1.29, 1.82) is 0 Å². The largest absolute Gasteiger partial charge is 0.494 e. The van der Waals surface area contributed by atoms with Gasteiger partial charge in [0.25, 0.3) is 0 Å². The van der Waals surface area contributed by atoms with Gasteiger partial charge in [0.2, 0.25) is 0 Å². The smallest absolute Gasteiger partial charge is 0.405 e. The molecular formula is C25H32B2O4. The lowest BCUT2D eigenvalue weighted by Crippen LogP contribution is -2.32. The Morgan fingerprint density at radius 3 is 1.68 bits per heavy atom. The summed E-state index contributed by atoms with van der Waals surface area (Å²) in [6.45, 7) is 4.97. The van der Waals surface area contributed by atoms with E-state index in [-0.39, 0.29) is 14.2 Å². The summed E-state index contributed by atoms with van der Waals surface area (Å²) < 4.78 is 23.1. The second-order valence-corrected chi connectivity index (χ2v) is 8.95. The van der Waals surface area contributed by atoms with E-state index in [0.29, 0.717) is 32.3 Å². The molecule has 4 nitrogen and oxygen atoms in total. The van der Waals surface area contributed by atoms with Gasteiger partial charge in [-0.2, -0.15) is 0 Å². The van der Waals surface area contributed by atoms with Crippen LogP contribution in [0.2, 0.25) is 0 Å². The predicted octanol–water partition coefficient (Wildman–Crippen LogP) is 4.03. The van der Waals surface area contributed by atoms with Crippen LogP contribution in [0.5, 0.6) is 0 Å². The van der Waals surface area contributed by atoms with Crippen LogP contribution in [-0.2, 0) is 18.6 Å². The third-order valence-electron chi connectivity index (χ3n) is 6.83. The molecule has 0 saturated carbocycles. The Labute approximate surface area is 186 Å². The molecule has 0 radical (unpaired) electrons. The number of hydrogen-bond donors (Lipinski definition) is 0. The van der Waals surface area contributed by atoms with E-state index in [1.165, 1.54) is 67.2 Å². The molecule has 6 heteroatoms. The van der Waals surface area contributed by atoms with Gasteiger partial charge >= 0.3 is 14.2 Å². The highest BCUT2D eigenvalue weighted by atomic mass is 16.6. The molecule has 0 bridgehead atoms. The zero-order valence-corrected chi connectivity index (χ0v) is 18.6. The summed E-state index contributed by atoms with van der Waals surface area (Å²) in [4.78, 5) is 0. The molecule has 0 aromatic heterocycles. The summed E-state index contributed by atoms with van der Waals surface area (Å²) in [5.74, 6) is 0.416. The maximum atomic E-state index is 5.78. The molecule has 5 rings (SSSR count). The Kier molecular flexibility index (Phi) is 6.80. The van der Waals surface area contributed by atoms with Gasteiger partial charge in [0, 0.05) is 5.92 Å². The van der Waals surface area contributed by atoms with Crippen LogP contribution >= 0.6 is 0 Å². The molecule has 2 fully saturated rings. The monoisotopic (exact) mass is 418 g/mol. The number of unbranched alkanes of at least 4 members (excludes halogenated alkanes) is 5. The van der Waals surface area contributed by atoms with Crippen molar-refractivity contribution in [2.75, 3.05) is 26.4 Å². The molecule has 3 aliphatic rings. The molecule has 0 atom stereocenters. The summed E-state index contributed by atoms with van der Waals surface area (Å²) in [6, 6.07) is 13.5. The second kappa shape index (κ2) is 9.91. The number of benzene rings is 2. The minimum atomic E-state index is -0.223. The highest BCUT2D eigenvalue weighted by molar-refractivity contribution is 6.62. The molecule has 2 aromatic rings. The second-order valence-electron chi connectivity index (χ2n) is 8.95. The lowest BCUT2D eigenvalue weighted by molar-refractivity contribution is 0.365. The van der Waals surface area contributed by atoms with Crippen molar-refractivity contribution in [2.24, 2.45) is 0 Å². The third-order valence-corrected chi connectivity index (χ3v) is 6.83. The van der Waals surface area contributed by atoms with Gasteiger partial charge in [-0.15, -0.1) is 0 Å². The van der Waals surface area contributed by atoms with Gasteiger partial charge < -0.3 is 18.6 Å². The van der Waals surface area contributed by atoms with E-state index in [2.05, 4.69) is 43.3 Å². The Hall–Kier alpha value is -1.59. The summed E-state index contributed by atoms with van der Waals surface area (Å²) in [5.41, 5.74) is 7.83. The first-order chi connectivity index (χ1) is 15.3.